The zero-order valence-electron chi connectivity index (χ0n) is 11.1. The van der Waals surface area contributed by atoms with Gasteiger partial charge in [0.05, 0.1) is 0 Å². The number of hydrogen-bond donors (Lipinski definition) is 0. The number of allylic oxidation sites excluding steroid dienone is 1. The molecule has 0 aliphatic carbocycles. The van der Waals surface area contributed by atoms with Gasteiger partial charge in [-0.15, -0.1) is 6.58 Å². The van der Waals surface area contributed by atoms with Crippen molar-refractivity contribution in [3.8, 4) is 0 Å². The van der Waals surface area contributed by atoms with E-state index in [0.29, 0.717) is 16.9 Å². The van der Waals surface area contributed by atoms with Crippen LogP contribution in [0, 0.1) is 0 Å². The highest BCUT2D eigenvalue weighted by molar-refractivity contribution is 6.32. The maximum absolute atomic E-state index is 6.09. The molecule has 0 radical (unpaired) electrons. The van der Waals surface area contributed by atoms with Gasteiger partial charge in [-0.05, 0) is 18.6 Å². The zero-order chi connectivity index (χ0) is 14.3. The van der Waals surface area contributed by atoms with Crippen LogP contribution < -0.4 is 0 Å². The predicted molar refractivity (Wildman–Crippen MR) is 83.7 cm³/mol. The number of halogens is 2. The van der Waals surface area contributed by atoms with Crippen LogP contribution in [-0.4, -0.2) is 23.0 Å². The van der Waals surface area contributed by atoms with Gasteiger partial charge < -0.3 is 0 Å². The molecule has 0 bridgehead atoms. The van der Waals surface area contributed by atoms with Gasteiger partial charge in [0.2, 0.25) is 0 Å². The quantitative estimate of drug-likeness (QED) is 0.418. The van der Waals surface area contributed by atoms with Crippen molar-refractivity contribution in [2.45, 2.75) is 13.5 Å². The van der Waals surface area contributed by atoms with Gasteiger partial charge >= 0.3 is 0 Å². The van der Waals surface area contributed by atoms with Gasteiger partial charge in [0.1, 0.15) is 10.3 Å². The predicted octanol–water partition coefficient (Wildman–Crippen LogP) is 4.51. The maximum Gasteiger partial charge on any atom is 0.135 e. The van der Waals surface area contributed by atoms with E-state index in [9.17, 15) is 0 Å². The average molecular weight is 297 g/mol. The molecule has 0 N–H and O–H groups in total. The normalized spacial score (nSPS) is 11.2. The lowest BCUT2D eigenvalue weighted by Gasteiger charge is -2.21. The summed E-state index contributed by atoms with van der Waals surface area (Å²) in [5.74, 6) is 0. The molecule has 2 nitrogen and oxygen atoms in total. The van der Waals surface area contributed by atoms with Gasteiger partial charge in [-0.2, -0.15) is 0 Å². The smallest absolute Gasteiger partial charge is 0.135 e. The first-order chi connectivity index (χ1) is 9.06. The summed E-state index contributed by atoms with van der Waals surface area (Å²) in [5, 5.41) is 0.848. The molecule has 0 aromatic carbocycles. The van der Waals surface area contributed by atoms with Crippen molar-refractivity contribution in [3.05, 3.63) is 65.0 Å². The molecule has 0 fully saturated rings. The van der Waals surface area contributed by atoms with Crippen molar-refractivity contribution < 1.29 is 0 Å². The number of nitrogens with zero attached hydrogens (tertiary/aromatic N) is 2. The molecule has 4 heteroatoms. The molecule has 19 heavy (non-hydrogen) atoms. The van der Waals surface area contributed by atoms with Crippen molar-refractivity contribution in [3.63, 3.8) is 0 Å². The van der Waals surface area contributed by atoms with Crippen molar-refractivity contribution in [2.24, 2.45) is 0 Å². The van der Waals surface area contributed by atoms with E-state index < -0.39 is 0 Å². The molecular weight excluding hydrogens is 279 g/mol. The Morgan fingerprint density at radius 1 is 1.42 bits per heavy atom. The third-order valence-electron chi connectivity index (χ3n) is 2.50. The Bertz CT molecular complexity index is 481. The minimum atomic E-state index is 0.405. The van der Waals surface area contributed by atoms with Crippen molar-refractivity contribution in [1.29, 1.82) is 0 Å². The molecule has 1 rings (SSSR count). The van der Waals surface area contributed by atoms with E-state index in [0.717, 1.165) is 24.2 Å². The summed E-state index contributed by atoms with van der Waals surface area (Å²) in [7, 11) is 0. The van der Waals surface area contributed by atoms with Crippen LogP contribution in [0.1, 0.15) is 12.5 Å². The molecule has 102 valence electrons. The highest BCUT2D eigenvalue weighted by Crippen LogP contribution is 2.18. The summed E-state index contributed by atoms with van der Waals surface area (Å²) in [6, 6.07) is 3.64. The van der Waals surface area contributed by atoms with Gasteiger partial charge in [0, 0.05) is 25.2 Å². The Morgan fingerprint density at radius 3 is 2.74 bits per heavy atom. The second-order valence-corrected chi connectivity index (χ2v) is 4.95. The molecule has 1 aromatic rings. The highest BCUT2D eigenvalue weighted by Gasteiger charge is 2.09. The van der Waals surface area contributed by atoms with E-state index in [1.165, 1.54) is 0 Å². The van der Waals surface area contributed by atoms with Crippen LogP contribution in [0.5, 0.6) is 0 Å². The first-order valence-electron chi connectivity index (χ1n) is 6.01. The summed E-state index contributed by atoms with van der Waals surface area (Å²) < 4.78 is 0. The number of pyridine rings is 1. The second-order valence-electron chi connectivity index (χ2n) is 4.20. The third kappa shape index (κ3) is 5.60. The Morgan fingerprint density at radius 2 is 2.16 bits per heavy atom. The fourth-order valence-electron chi connectivity index (χ4n) is 1.74. The topological polar surface area (TPSA) is 16.1 Å². The molecule has 0 atom stereocenters. The monoisotopic (exact) mass is 296 g/mol. The number of hydrogen-bond acceptors (Lipinski definition) is 2. The van der Waals surface area contributed by atoms with Crippen LogP contribution in [0.4, 0.5) is 0 Å². The van der Waals surface area contributed by atoms with E-state index in [4.69, 9.17) is 23.2 Å². The van der Waals surface area contributed by atoms with Gasteiger partial charge in [-0.3, -0.25) is 4.90 Å². The maximum atomic E-state index is 6.09. The summed E-state index contributed by atoms with van der Waals surface area (Å²) in [5.41, 5.74) is 1.99. The highest BCUT2D eigenvalue weighted by atomic mass is 35.5. The minimum Gasteiger partial charge on any atom is -0.291 e. The third-order valence-corrected chi connectivity index (χ3v) is 3.04. The molecule has 0 amide bonds. The zero-order valence-corrected chi connectivity index (χ0v) is 12.6. The summed E-state index contributed by atoms with van der Waals surface area (Å²) >= 11 is 11.9. The molecule has 0 saturated carbocycles. The van der Waals surface area contributed by atoms with Gasteiger partial charge in [-0.1, -0.05) is 54.1 Å². The first kappa shape index (κ1) is 16.0. The standard InChI is InChI=1S/C15H18Cl2N2/c1-4-6-12(3)10-19(9-5-2)11-13-7-8-14(16)18-15(13)17/h4-8H,2-3,9-11H2,1H3/b6-4-. The van der Waals surface area contributed by atoms with Crippen LogP contribution in [-0.2, 0) is 6.54 Å². The molecule has 0 unspecified atom stereocenters. The largest absolute Gasteiger partial charge is 0.291 e. The van der Waals surface area contributed by atoms with Gasteiger partial charge in [-0.25, -0.2) is 4.98 Å². The molecule has 1 aromatic heterocycles. The van der Waals surface area contributed by atoms with Crippen molar-refractivity contribution in [2.75, 3.05) is 13.1 Å². The summed E-state index contributed by atoms with van der Waals surface area (Å²) in [6.07, 6.45) is 5.84. The van der Waals surface area contributed by atoms with Crippen LogP contribution in [0.15, 0.2) is 49.1 Å². The Labute approximate surface area is 125 Å². The molecule has 0 spiro atoms. The molecule has 0 saturated heterocycles. The fraction of sp³-hybridized carbons (Fsp3) is 0.267. The van der Waals surface area contributed by atoms with Gasteiger partial charge in [0.15, 0.2) is 0 Å². The SMILES string of the molecule is C=CCN(CC(=C)/C=C\C)Cc1ccc(Cl)nc1Cl. The molecule has 1 heterocycles. The van der Waals surface area contributed by atoms with Crippen molar-refractivity contribution >= 4 is 23.2 Å². The van der Waals surface area contributed by atoms with Crippen LogP contribution in [0.3, 0.4) is 0 Å². The van der Waals surface area contributed by atoms with Gasteiger partial charge in [0.25, 0.3) is 0 Å². The molecule has 0 aliphatic heterocycles. The number of rotatable bonds is 7. The minimum absolute atomic E-state index is 0.405. The lowest BCUT2D eigenvalue weighted by molar-refractivity contribution is 0.322. The fourth-order valence-corrected chi connectivity index (χ4v) is 2.15. The van der Waals surface area contributed by atoms with E-state index in [-0.39, 0.29) is 0 Å². The molecule has 0 aliphatic rings. The van der Waals surface area contributed by atoms with E-state index in [2.05, 4.69) is 23.0 Å². The van der Waals surface area contributed by atoms with E-state index in [1.807, 2.05) is 31.2 Å². The van der Waals surface area contributed by atoms with Crippen LogP contribution in [0.25, 0.3) is 0 Å². The average Bonchev–Trinajstić information content (AvgIpc) is 2.33. The molecular formula is C15H18Cl2N2. The summed E-state index contributed by atoms with van der Waals surface area (Å²) in [6.45, 7) is 12.0. The Balaban J connectivity index is 2.77. The number of aromatic nitrogens is 1. The lowest BCUT2D eigenvalue weighted by atomic mass is 10.2. The Hall–Kier alpha value is -1.09. The summed E-state index contributed by atoms with van der Waals surface area (Å²) in [4.78, 5) is 6.23. The van der Waals surface area contributed by atoms with Crippen molar-refractivity contribution in [1.82, 2.24) is 9.88 Å². The van der Waals surface area contributed by atoms with Crippen LogP contribution >= 0.6 is 23.2 Å². The first-order valence-corrected chi connectivity index (χ1v) is 6.77. The Kier molecular flexibility index (Phi) is 6.85. The van der Waals surface area contributed by atoms with E-state index >= 15 is 0 Å². The van der Waals surface area contributed by atoms with E-state index in [1.54, 1.807) is 6.07 Å². The second kappa shape index (κ2) is 8.16. The van der Waals surface area contributed by atoms with Crippen LogP contribution in [0.2, 0.25) is 10.3 Å². The lowest BCUT2D eigenvalue weighted by Crippen LogP contribution is -2.25.